The van der Waals surface area contributed by atoms with E-state index in [1.54, 1.807) is 0 Å². The van der Waals surface area contributed by atoms with Crippen LogP contribution in [0.4, 0.5) is 0 Å². The minimum absolute atomic E-state index is 0.0844. The molecule has 1 heterocycles. The zero-order valence-corrected chi connectivity index (χ0v) is 8.16. The van der Waals surface area contributed by atoms with Gasteiger partial charge in [-0.05, 0) is 6.42 Å². The van der Waals surface area contributed by atoms with Gasteiger partial charge in [-0.3, -0.25) is 14.5 Å². The van der Waals surface area contributed by atoms with Gasteiger partial charge in [-0.2, -0.15) is 0 Å². The molecule has 0 saturated heterocycles. The van der Waals surface area contributed by atoms with Gasteiger partial charge in [-0.15, -0.1) is 0 Å². The molecule has 0 fully saturated rings. The first kappa shape index (κ1) is 10.9. The topological polar surface area (TPSA) is 97.5 Å². The lowest BCUT2D eigenvalue weighted by Gasteiger charge is -2.12. The Morgan fingerprint density at radius 3 is 2.14 bits per heavy atom. The van der Waals surface area contributed by atoms with E-state index in [1.807, 2.05) is 0 Å². The number of hydrogen-bond donors (Lipinski definition) is 1. The van der Waals surface area contributed by atoms with Gasteiger partial charge < -0.3 is 0 Å². The third-order valence-corrected chi connectivity index (χ3v) is 2.57. The van der Waals surface area contributed by atoms with Crippen LogP contribution in [0.3, 0.4) is 0 Å². The summed E-state index contributed by atoms with van der Waals surface area (Å²) in [6.45, 7) is 0.0844. The molecule has 7 heteroatoms. The number of rotatable bonds is 4. The van der Waals surface area contributed by atoms with E-state index in [0.717, 1.165) is 17.1 Å². The van der Waals surface area contributed by atoms with Crippen LogP contribution in [-0.4, -0.2) is 37.4 Å². The summed E-state index contributed by atoms with van der Waals surface area (Å²) < 4.78 is 21.1. The fraction of sp³-hybridized carbons (Fsp3) is 0.429. The molecule has 0 atom stereocenters. The highest BCUT2D eigenvalue weighted by atomic mass is 32.2. The van der Waals surface area contributed by atoms with E-state index in [9.17, 15) is 18.0 Å². The SMILES string of the molecule is NS(=O)(=O)CCCN1C(=O)C=CC1=O. The van der Waals surface area contributed by atoms with Crippen molar-refractivity contribution in [3.63, 3.8) is 0 Å². The van der Waals surface area contributed by atoms with Gasteiger partial charge in [-0.1, -0.05) is 0 Å². The molecule has 0 aliphatic carbocycles. The van der Waals surface area contributed by atoms with Crippen molar-refractivity contribution in [1.29, 1.82) is 0 Å². The molecule has 1 aliphatic rings. The summed E-state index contributed by atoms with van der Waals surface area (Å²) in [4.78, 5) is 22.9. The molecule has 0 aromatic rings. The number of amides is 2. The fourth-order valence-corrected chi connectivity index (χ4v) is 1.61. The molecule has 78 valence electrons. The van der Waals surface area contributed by atoms with Crippen molar-refractivity contribution in [2.45, 2.75) is 6.42 Å². The normalized spacial score (nSPS) is 16.8. The Balaban J connectivity index is 2.40. The standard InChI is InChI=1S/C7H10N2O4S/c8-14(12,13)5-1-4-9-6(10)2-3-7(9)11/h2-3H,1,4-5H2,(H2,8,12,13). The van der Waals surface area contributed by atoms with E-state index >= 15 is 0 Å². The molecule has 2 N–H and O–H groups in total. The maximum Gasteiger partial charge on any atom is 0.253 e. The van der Waals surface area contributed by atoms with Crippen molar-refractivity contribution >= 4 is 21.8 Å². The first-order chi connectivity index (χ1) is 6.40. The number of nitrogens with two attached hydrogens (primary N) is 1. The quantitative estimate of drug-likeness (QED) is 0.586. The molecule has 0 spiro atoms. The number of sulfonamides is 1. The van der Waals surface area contributed by atoms with Crippen LogP contribution in [0.2, 0.25) is 0 Å². The Bertz CT molecular complexity index is 366. The smallest absolute Gasteiger partial charge is 0.253 e. The van der Waals surface area contributed by atoms with Gasteiger partial charge in [0.1, 0.15) is 0 Å². The van der Waals surface area contributed by atoms with Gasteiger partial charge in [0, 0.05) is 18.7 Å². The molecule has 0 unspecified atom stereocenters. The minimum Gasteiger partial charge on any atom is -0.275 e. The largest absolute Gasteiger partial charge is 0.275 e. The van der Waals surface area contributed by atoms with Crippen LogP contribution in [0.25, 0.3) is 0 Å². The first-order valence-corrected chi connectivity index (χ1v) is 5.66. The predicted molar refractivity (Wildman–Crippen MR) is 48.5 cm³/mol. The molecule has 6 nitrogen and oxygen atoms in total. The molecule has 0 radical (unpaired) electrons. The molecule has 2 amide bonds. The second-order valence-electron chi connectivity index (χ2n) is 2.88. The number of nitrogens with zero attached hydrogens (tertiary/aromatic N) is 1. The first-order valence-electron chi connectivity index (χ1n) is 3.94. The van der Waals surface area contributed by atoms with Crippen molar-refractivity contribution in [2.75, 3.05) is 12.3 Å². The number of hydrogen-bond acceptors (Lipinski definition) is 4. The van der Waals surface area contributed by atoms with Crippen LogP contribution in [0.15, 0.2) is 12.2 Å². The maximum atomic E-state index is 11.0. The molecule has 0 bridgehead atoms. The summed E-state index contributed by atoms with van der Waals surface area (Å²) in [5.41, 5.74) is 0. The average Bonchev–Trinajstić information content (AvgIpc) is 2.33. The van der Waals surface area contributed by atoms with Gasteiger partial charge in [0.2, 0.25) is 10.0 Å². The fourth-order valence-electron chi connectivity index (χ4n) is 1.08. The summed E-state index contributed by atoms with van der Waals surface area (Å²) >= 11 is 0. The van der Waals surface area contributed by atoms with E-state index in [-0.39, 0.29) is 18.7 Å². The van der Waals surface area contributed by atoms with Crippen molar-refractivity contribution in [3.05, 3.63) is 12.2 Å². The molecule has 1 aliphatic heterocycles. The molecule has 0 aromatic carbocycles. The van der Waals surface area contributed by atoms with Crippen LogP contribution in [0.1, 0.15) is 6.42 Å². The average molecular weight is 218 g/mol. The summed E-state index contributed by atoms with van der Waals surface area (Å²) in [5.74, 6) is -1.06. The Labute approximate surface area is 81.4 Å². The predicted octanol–water partition coefficient (Wildman–Crippen LogP) is -1.41. The lowest BCUT2D eigenvalue weighted by molar-refractivity contribution is -0.136. The van der Waals surface area contributed by atoms with Crippen LogP contribution in [0, 0.1) is 0 Å². The summed E-state index contributed by atoms with van der Waals surface area (Å²) in [6.07, 6.45) is 2.47. The molecule has 0 aromatic heterocycles. The van der Waals surface area contributed by atoms with Gasteiger partial charge in [0.15, 0.2) is 0 Å². The number of carbonyl (C=O) groups is 2. The number of primary sulfonamides is 1. The summed E-state index contributed by atoms with van der Waals surface area (Å²) in [5, 5.41) is 4.76. The molecular weight excluding hydrogens is 208 g/mol. The lowest BCUT2D eigenvalue weighted by atomic mass is 10.4. The lowest BCUT2D eigenvalue weighted by Crippen LogP contribution is -2.32. The number of carbonyl (C=O) groups excluding carboxylic acids is 2. The summed E-state index contributed by atoms with van der Waals surface area (Å²) in [7, 11) is -3.52. The molecule has 14 heavy (non-hydrogen) atoms. The van der Waals surface area contributed by atoms with Crippen LogP contribution >= 0.6 is 0 Å². The zero-order chi connectivity index (χ0) is 10.8. The van der Waals surface area contributed by atoms with E-state index < -0.39 is 21.8 Å². The van der Waals surface area contributed by atoms with Crippen molar-refractivity contribution < 1.29 is 18.0 Å². The Morgan fingerprint density at radius 2 is 1.71 bits per heavy atom. The Hall–Kier alpha value is -1.21. The Kier molecular flexibility index (Phi) is 3.02. The van der Waals surface area contributed by atoms with Crippen molar-refractivity contribution in [2.24, 2.45) is 5.14 Å². The van der Waals surface area contributed by atoms with Crippen LogP contribution < -0.4 is 5.14 Å². The van der Waals surface area contributed by atoms with Gasteiger partial charge in [0.05, 0.1) is 5.75 Å². The van der Waals surface area contributed by atoms with Crippen molar-refractivity contribution in [1.82, 2.24) is 4.90 Å². The number of imide groups is 1. The zero-order valence-electron chi connectivity index (χ0n) is 7.34. The second kappa shape index (κ2) is 3.89. The highest BCUT2D eigenvalue weighted by Gasteiger charge is 2.22. The molecular formula is C7H10N2O4S. The van der Waals surface area contributed by atoms with E-state index in [1.165, 1.54) is 0 Å². The second-order valence-corrected chi connectivity index (χ2v) is 4.62. The Morgan fingerprint density at radius 1 is 1.21 bits per heavy atom. The molecule has 1 rings (SSSR count). The van der Waals surface area contributed by atoms with Crippen LogP contribution in [-0.2, 0) is 19.6 Å². The monoisotopic (exact) mass is 218 g/mol. The van der Waals surface area contributed by atoms with Gasteiger partial charge >= 0.3 is 0 Å². The third kappa shape index (κ3) is 2.93. The highest BCUT2D eigenvalue weighted by molar-refractivity contribution is 7.89. The summed E-state index contributed by atoms with van der Waals surface area (Å²) in [6, 6.07) is 0. The third-order valence-electron chi connectivity index (χ3n) is 1.71. The maximum absolute atomic E-state index is 11.0. The van der Waals surface area contributed by atoms with Gasteiger partial charge in [-0.25, -0.2) is 13.6 Å². The van der Waals surface area contributed by atoms with Crippen LogP contribution in [0.5, 0.6) is 0 Å². The van der Waals surface area contributed by atoms with Gasteiger partial charge in [0.25, 0.3) is 11.8 Å². The highest BCUT2D eigenvalue weighted by Crippen LogP contribution is 2.04. The van der Waals surface area contributed by atoms with E-state index in [2.05, 4.69) is 0 Å². The molecule has 0 saturated carbocycles. The minimum atomic E-state index is -3.52. The van der Waals surface area contributed by atoms with Crippen molar-refractivity contribution in [3.8, 4) is 0 Å². The van der Waals surface area contributed by atoms with E-state index in [0.29, 0.717) is 0 Å². The van der Waals surface area contributed by atoms with E-state index in [4.69, 9.17) is 5.14 Å².